The Labute approximate surface area is 134 Å². The summed E-state index contributed by atoms with van der Waals surface area (Å²) in [7, 11) is 0. The van der Waals surface area contributed by atoms with E-state index in [4.69, 9.17) is 0 Å². The molecule has 1 saturated heterocycles. The number of hydrogen-bond donors (Lipinski definition) is 1. The fourth-order valence-electron chi connectivity index (χ4n) is 2.71. The lowest BCUT2D eigenvalue weighted by atomic mass is 10.00. The van der Waals surface area contributed by atoms with Crippen LogP contribution in [0, 0.1) is 0 Å². The summed E-state index contributed by atoms with van der Waals surface area (Å²) in [5, 5.41) is 2.71. The number of carbonyl (C=O) groups excluding carboxylic acids is 2. The summed E-state index contributed by atoms with van der Waals surface area (Å²) in [6.07, 6.45) is 4.30. The zero-order valence-corrected chi connectivity index (χ0v) is 13.9. The van der Waals surface area contributed by atoms with Crippen LogP contribution in [-0.2, 0) is 4.79 Å². The molecule has 0 bridgehead atoms. The molecule has 0 saturated carbocycles. The normalized spacial score (nSPS) is 18.4. The van der Waals surface area contributed by atoms with Crippen molar-refractivity contribution in [3.8, 4) is 0 Å². The maximum atomic E-state index is 12.3. The monoisotopic (exact) mass is 352 g/mol. The number of hydrogen-bond acceptors (Lipinski definition) is 2. The van der Waals surface area contributed by atoms with Gasteiger partial charge in [0.1, 0.15) is 0 Å². The van der Waals surface area contributed by atoms with Crippen LogP contribution in [0.3, 0.4) is 0 Å². The molecule has 5 heteroatoms. The number of piperidine rings is 1. The second-order valence-corrected chi connectivity index (χ2v) is 6.25. The van der Waals surface area contributed by atoms with Crippen LogP contribution in [0.5, 0.6) is 0 Å². The van der Waals surface area contributed by atoms with Crippen molar-refractivity contribution in [3.63, 3.8) is 0 Å². The van der Waals surface area contributed by atoms with Crippen molar-refractivity contribution in [1.29, 1.82) is 0 Å². The molecule has 21 heavy (non-hydrogen) atoms. The lowest BCUT2D eigenvalue weighted by molar-refractivity contribution is -0.133. The molecule has 1 N–H and O–H groups in total. The van der Waals surface area contributed by atoms with Crippen molar-refractivity contribution < 1.29 is 9.59 Å². The van der Waals surface area contributed by atoms with Gasteiger partial charge < -0.3 is 10.2 Å². The van der Waals surface area contributed by atoms with Crippen molar-refractivity contribution in [2.24, 2.45) is 0 Å². The van der Waals surface area contributed by atoms with Crippen molar-refractivity contribution >= 4 is 27.7 Å². The van der Waals surface area contributed by atoms with E-state index in [0.29, 0.717) is 11.6 Å². The number of nitrogens with one attached hydrogen (secondary N) is 1. The van der Waals surface area contributed by atoms with E-state index in [1.165, 1.54) is 6.42 Å². The number of carbonyl (C=O) groups is 2. The molecule has 1 atom stereocenters. The summed E-state index contributed by atoms with van der Waals surface area (Å²) < 4.78 is 0.925. The maximum absolute atomic E-state index is 12.3. The van der Waals surface area contributed by atoms with Gasteiger partial charge >= 0.3 is 0 Å². The smallest absolute Gasteiger partial charge is 0.251 e. The molecule has 0 radical (unpaired) electrons. The Morgan fingerprint density at radius 2 is 2.00 bits per heavy atom. The second-order valence-electron chi connectivity index (χ2n) is 5.33. The van der Waals surface area contributed by atoms with Crippen LogP contribution >= 0.6 is 15.9 Å². The quantitative estimate of drug-likeness (QED) is 0.905. The zero-order chi connectivity index (χ0) is 15.2. The summed E-state index contributed by atoms with van der Waals surface area (Å²) in [5.41, 5.74) is 0.566. The highest BCUT2D eigenvalue weighted by Gasteiger charge is 2.25. The minimum atomic E-state index is -0.207. The molecule has 0 aliphatic carbocycles. The molecule has 0 aromatic heterocycles. The molecule has 0 spiro atoms. The number of rotatable bonds is 4. The van der Waals surface area contributed by atoms with Crippen LogP contribution in [0.15, 0.2) is 28.7 Å². The van der Waals surface area contributed by atoms with Gasteiger partial charge in [-0.3, -0.25) is 9.59 Å². The Bertz CT molecular complexity index is 502. The lowest BCUT2D eigenvalue weighted by Crippen LogP contribution is -2.47. The average Bonchev–Trinajstić information content (AvgIpc) is 2.52. The molecular formula is C16H21BrN2O2. The molecule has 114 valence electrons. The molecule has 1 fully saturated rings. The van der Waals surface area contributed by atoms with Gasteiger partial charge in [-0.05, 0) is 49.9 Å². The van der Waals surface area contributed by atoms with E-state index < -0.39 is 0 Å². The fourth-order valence-corrected chi connectivity index (χ4v) is 2.98. The molecule has 1 heterocycles. The average molecular weight is 353 g/mol. The third-order valence-corrected chi connectivity index (χ3v) is 4.45. The van der Waals surface area contributed by atoms with Crippen LogP contribution in [0.1, 0.15) is 43.0 Å². The van der Waals surface area contributed by atoms with E-state index in [9.17, 15) is 9.59 Å². The van der Waals surface area contributed by atoms with Gasteiger partial charge in [-0.15, -0.1) is 0 Å². The van der Waals surface area contributed by atoms with Gasteiger partial charge in [0.15, 0.2) is 0 Å². The highest BCUT2D eigenvalue weighted by atomic mass is 79.9. The van der Waals surface area contributed by atoms with E-state index in [1.807, 2.05) is 17.0 Å². The highest BCUT2D eigenvalue weighted by Crippen LogP contribution is 2.19. The van der Waals surface area contributed by atoms with Crippen molar-refractivity contribution in [3.05, 3.63) is 34.3 Å². The topological polar surface area (TPSA) is 49.4 Å². The third kappa shape index (κ3) is 4.30. The summed E-state index contributed by atoms with van der Waals surface area (Å²) in [6, 6.07) is 7.43. The van der Waals surface area contributed by atoms with Gasteiger partial charge in [-0.2, -0.15) is 0 Å². The number of halogens is 1. The number of amides is 2. The van der Waals surface area contributed by atoms with Crippen molar-refractivity contribution in [1.82, 2.24) is 10.2 Å². The van der Waals surface area contributed by atoms with E-state index in [2.05, 4.69) is 28.2 Å². The van der Waals surface area contributed by atoms with E-state index >= 15 is 0 Å². The summed E-state index contributed by atoms with van der Waals surface area (Å²) >= 11 is 3.33. The largest absolute Gasteiger partial charge is 0.343 e. The Balaban J connectivity index is 1.88. The number of nitrogens with zero attached hydrogens (tertiary/aromatic N) is 1. The predicted molar refractivity (Wildman–Crippen MR) is 86.1 cm³/mol. The minimum absolute atomic E-state index is 0.0204. The first kappa shape index (κ1) is 16.0. The molecule has 4 nitrogen and oxygen atoms in total. The Morgan fingerprint density at radius 1 is 1.29 bits per heavy atom. The molecule has 1 unspecified atom stereocenters. The first-order valence-electron chi connectivity index (χ1n) is 7.45. The third-order valence-electron chi connectivity index (χ3n) is 3.93. The van der Waals surface area contributed by atoms with E-state index in [-0.39, 0.29) is 18.4 Å². The standard InChI is InChI=1S/C16H21BrN2O2/c1-2-14-5-3-4-10-19(14)15(20)11-18-16(21)12-6-8-13(17)9-7-12/h6-9,14H,2-5,10-11H2,1H3,(H,18,21). The second kappa shape index (κ2) is 7.59. The van der Waals surface area contributed by atoms with Gasteiger partial charge in [0.05, 0.1) is 6.54 Å². The Hall–Kier alpha value is -1.36. The lowest BCUT2D eigenvalue weighted by Gasteiger charge is -2.35. The van der Waals surface area contributed by atoms with Gasteiger partial charge in [0.25, 0.3) is 5.91 Å². The number of benzene rings is 1. The van der Waals surface area contributed by atoms with Crippen LogP contribution in [-0.4, -0.2) is 35.8 Å². The SMILES string of the molecule is CCC1CCCCN1C(=O)CNC(=O)c1ccc(Br)cc1. The van der Waals surface area contributed by atoms with E-state index in [1.54, 1.807) is 12.1 Å². The predicted octanol–water partition coefficient (Wildman–Crippen LogP) is 2.97. The first-order valence-corrected chi connectivity index (χ1v) is 8.24. The van der Waals surface area contributed by atoms with Crippen molar-refractivity contribution in [2.75, 3.05) is 13.1 Å². The van der Waals surface area contributed by atoms with Gasteiger partial charge in [-0.25, -0.2) is 0 Å². The van der Waals surface area contributed by atoms with E-state index in [0.717, 1.165) is 30.3 Å². The molecule has 2 rings (SSSR count). The fraction of sp³-hybridized carbons (Fsp3) is 0.500. The van der Waals surface area contributed by atoms with Crippen LogP contribution < -0.4 is 5.32 Å². The molecule has 2 amide bonds. The molecular weight excluding hydrogens is 332 g/mol. The molecule has 1 aromatic carbocycles. The zero-order valence-electron chi connectivity index (χ0n) is 12.3. The van der Waals surface area contributed by atoms with Crippen molar-refractivity contribution in [2.45, 2.75) is 38.6 Å². The van der Waals surface area contributed by atoms with Gasteiger partial charge in [0.2, 0.25) is 5.91 Å². The summed E-state index contributed by atoms with van der Waals surface area (Å²) in [6.45, 7) is 2.99. The summed E-state index contributed by atoms with van der Waals surface area (Å²) in [4.78, 5) is 26.2. The molecule has 1 aliphatic heterocycles. The Morgan fingerprint density at radius 3 is 2.67 bits per heavy atom. The highest BCUT2D eigenvalue weighted by molar-refractivity contribution is 9.10. The molecule has 1 aromatic rings. The molecule has 1 aliphatic rings. The van der Waals surface area contributed by atoms with Crippen LogP contribution in [0.4, 0.5) is 0 Å². The minimum Gasteiger partial charge on any atom is -0.343 e. The van der Waals surface area contributed by atoms with Crippen LogP contribution in [0.2, 0.25) is 0 Å². The number of likely N-dealkylation sites (tertiary alicyclic amines) is 1. The van der Waals surface area contributed by atoms with Gasteiger partial charge in [0, 0.05) is 22.6 Å². The van der Waals surface area contributed by atoms with Gasteiger partial charge in [-0.1, -0.05) is 22.9 Å². The maximum Gasteiger partial charge on any atom is 0.251 e. The Kier molecular flexibility index (Phi) is 5.79. The summed E-state index contributed by atoms with van der Waals surface area (Å²) in [5.74, 6) is -0.187. The first-order chi connectivity index (χ1) is 10.1. The van der Waals surface area contributed by atoms with Crippen LogP contribution in [0.25, 0.3) is 0 Å².